The summed E-state index contributed by atoms with van der Waals surface area (Å²) >= 11 is 0. The van der Waals surface area contributed by atoms with Crippen molar-refractivity contribution in [3.8, 4) is 0 Å². The predicted molar refractivity (Wildman–Crippen MR) is 111 cm³/mol. The summed E-state index contributed by atoms with van der Waals surface area (Å²) in [6.45, 7) is 0. The summed E-state index contributed by atoms with van der Waals surface area (Å²) < 4.78 is 1.10. The highest BCUT2D eigenvalue weighted by atomic mass is 35.7. The number of hydrogen-bond acceptors (Lipinski definition) is 3. The van der Waals surface area contributed by atoms with Gasteiger partial charge in [0.05, 0.1) is 11.0 Å². The van der Waals surface area contributed by atoms with Gasteiger partial charge in [-0.1, -0.05) is 9.70 Å². The van der Waals surface area contributed by atoms with E-state index in [4.69, 9.17) is 15.7 Å². The largest absolute Gasteiger partial charge is 0.412 e. The van der Waals surface area contributed by atoms with Crippen molar-refractivity contribution in [2.24, 2.45) is 4.99 Å². The van der Waals surface area contributed by atoms with Crippen LogP contribution in [0.1, 0.15) is 0 Å². The lowest BCUT2D eigenvalue weighted by Crippen LogP contribution is -2.13. The fraction of sp³-hybridized carbons (Fsp3) is 0.250. The zero-order valence-electron chi connectivity index (χ0n) is 15.1. The Morgan fingerprint density at radius 2 is 1.27 bits per heavy atom. The van der Waals surface area contributed by atoms with Gasteiger partial charge in [-0.05, 0) is 47.1 Å². The van der Waals surface area contributed by atoms with Gasteiger partial charge < -0.3 is 37.2 Å². The summed E-state index contributed by atoms with van der Waals surface area (Å²) in [4.78, 5) is 10.0. The van der Waals surface area contributed by atoms with Gasteiger partial charge in [-0.3, -0.25) is 0 Å². The third-order valence-corrected chi connectivity index (χ3v) is 5.97. The van der Waals surface area contributed by atoms with E-state index >= 15 is 0 Å². The van der Waals surface area contributed by atoms with Gasteiger partial charge in [0, 0.05) is 49.0 Å². The molecule has 1 aliphatic rings. The highest BCUT2D eigenvalue weighted by Crippen LogP contribution is 2.44. The molecule has 150 valence electrons. The van der Waals surface area contributed by atoms with Crippen LogP contribution in [0.4, 0.5) is 17.1 Å². The number of hydrogen-bond donors (Lipinski definition) is 0. The Morgan fingerprint density at radius 3 is 1.81 bits per heavy atom. The molecule has 1 aliphatic heterocycles. The molecule has 1 atom stereocenters. The lowest BCUT2D eigenvalue weighted by atomic mass is 10.2. The van der Waals surface area contributed by atoms with Crippen molar-refractivity contribution < 1.29 is 27.4 Å². The molecule has 0 aliphatic carbocycles. The lowest BCUT2D eigenvalue weighted by molar-refractivity contribution is 0.823. The molecule has 0 radical (unpaired) electrons. The maximum atomic E-state index is 6.76. The Balaban J connectivity index is -0.00000106. The Hall–Kier alpha value is -1.72. The number of rotatable bonds is 2. The molecule has 0 bridgehead atoms. The van der Waals surface area contributed by atoms with Gasteiger partial charge in [0.1, 0.15) is 0 Å². The molecule has 0 aromatic heterocycles. The van der Waals surface area contributed by atoms with E-state index in [0.717, 1.165) is 31.8 Å². The summed E-state index contributed by atoms with van der Waals surface area (Å²) in [6.07, 6.45) is 0. The number of halogens is 1. The molecule has 0 saturated heterocycles. The predicted octanol–water partition coefficient (Wildman–Crippen LogP) is -0.308. The molecule has 3 rings (SSSR count). The second kappa shape index (κ2) is 11.1. The van der Waals surface area contributed by atoms with Crippen molar-refractivity contribution in [1.82, 2.24) is 0 Å². The van der Waals surface area contributed by atoms with Crippen LogP contribution >= 0.6 is 20.4 Å². The number of fused-ring (bicyclic) bond motifs is 2. The molecule has 0 spiro atoms. The summed E-state index contributed by atoms with van der Waals surface area (Å²) in [6, 6.07) is 12.5. The van der Waals surface area contributed by atoms with Gasteiger partial charge in [0.2, 0.25) is 0 Å². The molecule has 0 fully saturated rings. The van der Waals surface area contributed by atoms with Crippen LogP contribution in [-0.4, -0.2) is 55.6 Å². The van der Waals surface area contributed by atoms with Gasteiger partial charge >= 0.3 is 0 Å². The molecule has 10 N–H and O–H groups in total. The standard InChI is InChI=1S/C16H18ClN3S.5H2O/c1-19(2)11-5-7-13-15(9-11)21(17)16-10-12(20(3)4)6-8-14(16)18-13;;;;;/h5-10H,1-4H3;5*1H2. The van der Waals surface area contributed by atoms with E-state index in [2.05, 4.69) is 46.2 Å². The zero-order valence-corrected chi connectivity index (χ0v) is 16.7. The molecule has 10 heteroatoms. The number of anilines is 2. The van der Waals surface area contributed by atoms with Gasteiger partial charge in [-0.25, -0.2) is 4.99 Å². The smallest absolute Gasteiger partial charge is 0.0781 e. The maximum absolute atomic E-state index is 6.76. The molecule has 2 aromatic carbocycles. The fourth-order valence-electron chi connectivity index (χ4n) is 2.28. The quantitative estimate of drug-likeness (QED) is 0.618. The third kappa shape index (κ3) is 5.15. The van der Waals surface area contributed by atoms with Crippen LogP contribution in [0.15, 0.2) is 46.3 Å². The Kier molecular flexibility index (Phi) is 12.4. The van der Waals surface area contributed by atoms with E-state index in [1.165, 1.54) is 0 Å². The minimum absolute atomic E-state index is 0. The van der Waals surface area contributed by atoms with E-state index in [9.17, 15) is 0 Å². The van der Waals surface area contributed by atoms with Gasteiger partial charge in [-0.15, -0.1) is 0 Å². The Bertz CT molecular complexity index is 846. The first-order valence-electron chi connectivity index (χ1n) is 6.72. The van der Waals surface area contributed by atoms with E-state index < -0.39 is 9.70 Å². The molecule has 8 nitrogen and oxygen atoms in total. The second-order valence-electron chi connectivity index (χ2n) is 5.46. The molecule has 0 saturated carbocycles. The van der Waals surface area contributed by atoms with Crippen LogP contribution in [-0.2, 0) is 0 Å². The average molecular weight is 410 g/mol. The van der Waals surface area contributed by atoms with Crippen molar-refractivity contribution in [3.05, 3.63) is 46.3 Å². The molecular formula is C16H28ClN3O5S. The summed E-state index contributed by atoms with van der Waals surface area (Å²) in [5.74, 6) is 0. The monoisotopic (exact) mass is 409 g/mol. The minimum Gasteiger partial charge on any atom is -0.412 e. The van der Waals surface area contributed by atoms with Gasteiger partial charge in [0.25, 0.3) is 0 Å². The molecule has 2 aromatic rings. The van der Waals surface area contributed by atoms with E-state index in [1.54, 1.807) is 0 Å². The van der Waals surface area contributed by atoms with Crippen molar-refractivity contribution in [2.75, 3.05) is 38.0 Å². The Morgan fingerprint density at radius 1 is 0.769 bits per heavy atom. The molecular weight excluding hydrogens is 382 g/mol. The van der Waals surface area contributed by atoms with E-state index in [0.29, 0.717) is 0 Å². The van der Waals surface area contributed by atoms with Crippen LogP contribution in [0.2, 0.25) is 0 Å². The number of benzene rings is 2. The summed E-state index contributed by atoms with van der Waals surface area (Å²) in [5.41, 5.74) is 3.27. The maximum Gasteiger partial charge on any atom is 0.0781 e. The van der Waals surface area contributed by atoms with Crippen LogP contribution < -0.4 is 15.2 Å². The summed E-state index contributed by atoms with van der Waals surface area (Å²) in [5, 5.41) is 0.976. The molecule has 26 heavy (non-hydrogen) atoms. The van der Waals surface area contributed by atoms with Crippen molar-refractivity contribution in [2.45, 2.75) is 4.90 Å². The van der Waals surface area contributed by atoms with Crippen LogP contribution in [0.5, 0.6) is 0 Å². The Labute approximate surface area is 159 Å². The van der Waals surface area contributed by atoms with Gasteiger partial charge in [0.15, 0.2) is 0 Å². The van der Waals surface area contributed by atoms with E-state index in [1.807, 2.05) is 28.2 Å². The highest BCUT2D eigenvalue weighted by molar-refractivity contribution is 8.29. The van der Waals surface area contributed by atoms with Gasteiger partial charge in [-0.2, -0.15) is 0 Å². The topological polar surface area (TPSA) is 176 Å². The third-order valence-electron chi connectivity index (χ3n) is 3.55. The van der Waals surface area contributed by atoms with Crippen LogP contribution in [0.25, 0.3) is 0 Å². The minimum atomic E-state index is -0.469. The first-order valence-corrected chi connectivity index (χ1v) is 8.77. The average Bonchev–Trinajstić information content (AvgIpc) is 2.46. The normalized spacial score (nSPS) is 12.7. The lowest BCUT2D eigenvalue weighted by Gasteiger charge is -2.18. The van der Waals surface area contributed by atoms with Crippen LogP contribution in [0, 0.1) is 4.51 Å². The second-order valence-corrected chi connectivity index (χ2v) is 7.78. The zero-order chi connectivity index (χ0) is 15.1. The number of nitrogens with zero attached hydrogens (tertiary/aromatic N) is 3. The summed E-state index contributed by atoms with van der Waals surface area (Å²) in [7, 11) is 14.4. The molecule has 1 heterocycles. The fourth-order valence-corrected chi connectivity index (χ4v) is 4.30. The van der Waals surface area contributed by atoms with E-state index in [-0.39, 0.29) is 27.4 Å². The van der Waals surface area contributed by atoms with Crippen molar-refractivity contribution in [3.63, 3.8) is 0 Å². The first kappa shape index (κ1) is 29.1. The molecule has 0 amide bonds. The molecule has 1 unspecified atom stereocenters. The van der Waals surface area contributed by atoms with Crippen molar-refractivity contribution in [1.29, 1.82) is 0 Å². The van der Waals surface area contributed by atoms with Crippen molar-refractivity contribution >= 4 is 37.4 Å². The highest BCUT2D eigenvalue weighted by Gasteiger charge is 2.13. The SMILES string of the molecule is CN(C)c1ccc2c(c1)S(Cl)=c1cc(N(C)C)ccc1=N2.O.O.O.O.O. The van der Waals surface area contributed by atoms with Crippen LogP contribution in [0.3, 0.4) is 0 Å². The first-order chi connectivity index (χ1) is 9.97.